The molecule has 3 atom stereocenters. The lowest BCUT2D eigenvalue weighted by atomic mass is 10.0. The molecule has 0 radical (unpaired) electrons. The van der Waals surface area contributed by atoms with Gasteiger partial charge in [0, 0.05) is 29.8 Å². The molecule has 2 amide bonds. The zero-order chi connectivity index (χ0) is 18.5. The number of amides is 2. The normalized spacial score (nSPS) is 25.9. The van der Waals surface area contributed by atoms with Crippen molar-refractivity contribution in [2.75, 3.05) is 13.1 Å². The molecule has 1 aromatic carbocycles. The summed E-state index contributed by atoms with van der Waals surface area (Å²) in [6.07, 6.45) is 3.21. The highest BCUT2D eigenvalue weighted by molar-refractivity contribution is 8.00. The Bertz CT molecular complexity index is 611. The van der Waals surface area contributed by atoms with E-state index in [1.807, 2.05) is 24.8 Å². The van der Waals surface area contributed by atoms with Crippen LogP contribution in [0.3, 0.4) is 0 Å². The van der Waals surface area contributed by atoms with Gasteiger partial charge in [0.25, 0.3) is 0 Å². The van der Waals surface area contributed by atoms with Crippen LogP contribution in [0.5, 0.6) is 0 Å². The molecule has 2 heterocycles. The average Bonchev–Trinajstić information content (AvgIpc) is 3.05. The summed E-state index contributed by atoms with van der Waals surface area (Å²) < 4.78 is 0. The number of benzene rings is 1. The number of fused-ring (bicyclic) bond motifs is 1. The Morgan fingerprint density at radius 2 is 2.08 bits per heavy atom. The molecule has 2 fully saturated rings. The Labute approximate surface area is 160 Å². The Morgan fingerprint density at radius 3 is 2.85 bits per heavy atom. The van der Waals surface area contributed by atoms with Crippen molar-refractivity contribution in [1.29, 1.82) is 0 Å². The first-order valence-corrected chi connectivity index (χ1v) is 10.5. The second-order valence-corrected chi connectivity index (χ2v) is 8.67. The summed E-state index contributed by atoms with van der Waals surface area (Å²) in [7, 11) is 0. The second-order valence-electron chi connectivity index (χ2n) is 7.33. The van der Waals surface area contributed by atoms with Crippen molar-refractivity contribution in [2.24, 2.45) is 5.92 Å². The molecule has 4 N–H and O–H groups in total. The lowest BCUT2D eigenvalue weighted by Crippen LogP contribution is -2.48. The molecule has 0 saturated carbocycles. The van der Waals surface area contributed by atoms with E-state index in [0.717, 1.165) is 13.0 Å². The van der Waals surface area contributed by atoms with Crippen molar-refractivity contribution < 1.29 is 4.79 Å². The number of rotatable bonds is 6. The van der Waals surface area contributed by atoms with Gasteiger partial charge in [0.15, 0.2) is 0 Å². The number of nitrogens with zero attached hydrogens (tertiary/aromatic N) is 1. The molecular formula is C19H31N5OS. The van der Waals surface area contributed by atoms with E-state index < -0.39 is 0 Å². The number of thioether (sulfide) groups is 1. The van der Waals surface area contributed by atoms with E-state index in [0.29, 0.717) is 36.6 Å². The van der Waals surface area contributed by atoms with Gasteiger partial charge in [-0.25, -0.2) is 15.6 Å². The lowest BCUT2D eigenvalue weighted by Gasteiger charge is -2.37. The highest BCUT2D eigenvalue weighted by Gasteiger charge is 2.39. The van der Waals surface area contributed by atoms with E-state index in [2.05, 4.69) is 58.4 Å². The fourth-order valence-corrected chi connectivity index (χ4v) is 4.99. The van der Waals surface area contributed by atoms with Crippen LogP contribution in [0.4, 0.5) is 4.79 Å². The number of piperidine rings is 1. The van der Waals surface area contributed by atoms with E-state index >= 15 is 0 Å². The quantitative estimate of drug-likeness (QED) is 0.613. The van der Waals surface area contributed by atoms with Gasteiger partial charge in [-0.1, -0.05) is 32.0 Å². The first-order valence-electron chi connectivity index (χ1n) is 9.61. The minimum absolute atomic E-state index is 0.109. The Morgan fingerprint density at radius 1 is 1.27 bits per heavy atom. The lowest BCUT2D eigenvalue weighted by molar-refractivity contribution is 0.118. The number of hydrazine groups is 1. The van der Waals surface area contributed by atoms with E-state index in [9.17, 15) is 4.79 Å². The van der Waals surface area contributed by atoms with Gasteiger partial charge in [-0.05, 0) is 37.3 Å². The number of hydrogen-bond acceptors (Lipinski definition) is 5. The summed E-state index contributed by atoms with van der Waals surface area (Å²) in [5, 5.41) is 6.29. The summed E-state index contributed by atoms with van der Waals surface area (Å²) in [4.78, 5) is 15.5. The second kappa shape index (κ2) is 9.08. The fraction of sp³-hybridized carbons (Fsp3) is 0.632. The highest BCUT2D eigenvalue weighted by atomic mass is 32.2. The molecule has 0 aliphatic carbocycles. The molecule has 1 aromatic rings. The van der Waals surface area contributed by atoms with Crippen molar-refractivity contribution in [1.82, 2.24) is 26.4 Å². The maximum atomic E-state index is 11.7. The van der Waals surface area contributed by atoms with Gasteiger partial charge in [-0.3, -0.25) is 4.90 Å². The summed E-state index contributed by atoms with van der Waals surface area (Å²) in [5.74, 6) is 0.574. The smallest absolute Gasteiger partial charge is 0.315 e. The van der Waals surface area contributed by atoms with Gasteiger partial charge in [0.1, 0.15) is 0 Å². The zero-order valence-electron chi connectivity index (χ0n) is 15.9. The van der Waals surface area contributed by atoms with Crippen LogP contribution in [0, 0.1) is 5.92 Å². The third kappa shape index (κ3) is 4.71. The summed E-state index contributed by atoms with van der Waals surface area (Å²) >= 11 is 1.95. The summed E-state index contributed by atoms with van der Waals surface area (Å²) in [5.41, 5.74) is 8.08. The Balaban J connectivity index is 1.61. The average molecular weight is 378 g/mol. The minimum atomic E-state index is -0.109. The number of carbonyl (C=O) groups is 1. The molecule has 6 nitrogen and oxygen atoms in total. The number of carbonyl (C=O) groups excluding carboxylic acids is 1. The Kier molecular flexibility index (Phi) is 6.80. The third-order valence-corrected chi connectivity index (χ3v) is 6.38. The SMILES string of the molecule is CCNC(=O)NCc1ccccc1SC1CCC2NNC(C(C)C)N2C1. The van der Waals surface area contributed by atoms with Crippen molar-refractivity contribution in [2.45, 2.75) is 62.6 Å². The minimum Gasteiger partial charge on any atom is -0.338 e. The van der Waals surface area contributed by atoms with Gasteiger partial charge < -0.3 is 10.6 Å². The van der Waals surface area contributed by atoms with Crippen molar-refractivity contribution in [3.8, 4) is 0 Å². The summed E-state index contributed by atoms with van der Waals surface area (Å²) in [6.45, 7) is 8.73. The van der Waals surface area contributed by atoms with E-state index in [4.69, 9.17) is 0 Å². The standard InChI is InChI=1S/C19H31N5OS/c1-4-20-19(25)21-11-14-7-5-6-8-16(14)26-15-9-10-17-22-23-18(13(2)3)24(17)12-15/h5-8,13,15,17-18,22-23H,4,9-12H2,1-3H3,(H2,20,21,25). The van der Waals surface area contributed by atoms with Crippen LogP contribution >= 0.6 is 11.8 Å². The molecule has 0 aromatic heterocycles. The summed E-state index contributed by atoms with van der Waals surface area (Å²) in [6, 6.07) is 8.29. The highest BCUT2D eigenvalue weighted by Crippen LogP contribution is 2.35. The van der Waals surface area contributed by atoms with E-state index in [1.165, 1.54) is 16.9 Å². The van der Waals surface area contributed by atoms with Crippen LogP contribution in [-0.2, 0) is 6.54 Å². The molecule has 2 aliphatic heterocycles. The molecule has 0 bridgehead atoms. The molecule has 2 aliphatic rings. The largest absolute Gasteiger partial charge is 0.338 e. The maximum absolute atomic E-state index is 11.7. The number of hydrogen-bond donors (Lipinski definition) is 4. The molecule has 144 valence electrons. The van der Waals surface area contributed by atoms with Gasteiger partial charge in [0.2, 0.25) is 0 Å². The molecule has 2 saturated heterocycles. The van der Waals surface area contributed by atoms with Crippen LogP contribution in [0.2, 0.25) is 0 Å². The van der Waals surface area contributed by atoms with Crippen LogP contribution < -0.4 is 21.5 Å². The monoisotopic (exact) mass is 377 g/mol. The Hall–Kier alpha value is -1.28. The molecule has 26 heavy (non-hydrogen) atoms. The first-order chi connectivity index (χ1) is 12.6. The predicted octanol–water partition coefficient (Wildman–Crippen LogP) is 2.48. The van der Waals surface area contributed by atoms with Gasteiger partial charge in [-0.2, -0.15) is 0 Å². The number of nitrogens with one attached hydrogen (secondary N) is 4. The molecule has 0 spiro atoms. The number of urea groups is 1. The maximum Gasteiger partial charge on any atom is 0.315 e. The zero-order valence-corrected chi connectivity index (χ0v) is 16.7. The fourth-order valence-electron chi connectivity index (χ4n) is 3.68. The van der Waals surface area contributed by atoms with Crippen molar-refractivity contribution >= 4 is 17.8 Å². The first kappa shape index (κ1) is 19.5. The third-order valence-electron chi connectivity index (χ3n) is 5.01. The van der Waals surface area contributed by atoms with Gasteiger partial charge >= 0.3 is 6.03 Å². The van der Waals surface area contributed by atoms with Gasteiger partial charge in [-0.15, -0.1) is 11.8 Å². The molecular weight excluding hydrogens is 346 g/mol. The van der Waals surface area contributed by atoms with E-state index in [-0.39, 0.29) is 6.03 Å². The van der Waals surface area contributed by atoms with Crippen LogP contribution in [0.1, 0.15) is 39.2 Å². The molecule has 3 rings (SSSR count). The molecule has 7 heteroatoms. The van der Waals surface area contributed by atoms with Crippen LogP contribution in [-0.4, -0.2) is 41.6 Å². The molecule has 3 unspecified atom stereocenters. The predicted molar refractivity (Wildman–Crippen MR) is 107 cm³/mol. The van der Waals surface area contributed by atoms with Crippen molar-refractivity contribution in [3.05, 3.63) is 29.8 Å². The van der Waals surface area contributed by atoms with Crippen LogP contribution in [0.25, 0.3) is 0 Å². The van der Waals surface area contributed by atoms with Gasteiger partial charge in [0.05, 0.1) is 12.3 Å². The van der Waals surface area contributed by atoms with Crippen LogP contribution in [0.15, 0.2) is 29.2 Å². The topological polar surface area (TPSA) is 68.4 Å². The van der Waals surface area contributed by atoms with Crippen molar-refractivity contribution in [3.63, 3.8) is 0 Å². The van der Waals surface area contributed by atoms with E-state index in [1.54, 1.807) is 0 Å².